The van der Waals surface area contributed by atoms with Crippen LogP contribution in [-0.2, 0) is 13.0 Å². The van der Waals surface area contributed by atoms with E-state index in [2.05, 4.69) is 34.2 Å². The summed E-state index contributed by atoms with van der Waals surface area (Å²) < 4.78 is 5.91. The lowest BCUT2D eigenvalue weighted by Gasteiger charge is -2.32. The van der Waals surface area contributed by atoms with Gasteiger partial charge in [0.25, 0.3) is 0 Å². The third-order valence-electron chi connectivity index (χ3n) is 5.53. The molecule has 122 valence electrons. The van der Waals surface area contributed by atoms with Gasteiger partial charge in [-0.05, 0) is 37.7 Å². The van der Waals surface area contributed by atoms with Crippen molar-refractivity contribution in [3.05, 3.63) is 47.7 Å². The Balaban J connectivity index is 1.43. The zero-order valence-electron chi connectivity index (χ0n) is 13.8. The fourth-order valence-electron chi connectivity index (χ4n) is 4.42. The van der Waals surface area contributed by atoms with Gasteiger partial charge in [-0.3, -0.25) is 4.90 Å². The molecule has 0 N–H and O–H groups in total. The maximum atomic E-state index is 5.91. The summed E-state index contributed by atoms with van der Waals surface area (Å²) in [4.78, 5) is 2.60. The van der Waals surface area contributed by atoms with E-state index in [1.807, 2.05) is 18.2 Å². The third-order valence-corrected chi connectivity index (χ3v) is 5.53. The Morgan fingerprint density at radius 2 is 1.87 bits per heavy atom. The summed E-state index contributed by atoms with van der Waals surface area (Å²) in [5.74, 6) is 2.37. The Hall–Kier alpha value is -1.68. The molecule has 1 aliphatic carbocycles. The molecule has 0 spiro atoms. The van der Waals surface area contributed by atoms with Crippen LogP contribution in [0.3, 0.4) is 0 Å². The lowest BCUT2D eigenvalue weighted by Crippen LogP contribution is -2.37. The predicted molar refractivity (Wildman–Crippen MR) is 88.9 cm³/mol. The van der Waals surface area contributed by atoms with Crippen LogP contribution in [0.5, 0.6) is 0 Å². The van der Waals surface area contributed by atoms with Crippen molar-refractivity contribution >= 4 is 0 Å². The molecule has 0 unspecified atom stereocenters. The highest BCUT2D eigenvalue weighted by atomic mass is 16.4. The molecule has 0 radical (unpaired) electrons. The van der Waals surface area contributed by atoms with E-state index in [1.165, 1.54) is 37.7 Å². The first-order chi connectivity index (χ1) is 11.3. The van der Waals surface area contributed by atoms with Crippen LogP contribution in [0.25, 0.3) is 0 Å². The van der Waals surface area contributed by atoms with E-state index < -0.39 is 0 Å². The first kappa shape index (κ1) is 14.9. The molecule has 0 amide bonds. The molecule has 2 heterocycles. The second-order valence-corrected chi connectivity index (χ2v) is 7.12. The molecule has 1 aliphatic heterocycles. The molecule has 4 nitrogen and oxygen atoms in total. The van der Waals surface area contributed by atoms with E-state index in [0.717, 1.165) is 36.7 Å². The van der Waals surface area contributed by atoms with Crippen molar-refractivity contribution in [1.82, 2.24) is 15.1 Å². The van der Waals surface area contributed by atoms with Crippen molar-refractivity contribution in [3.8, 4) is 0 Å². The zero-order valence-corrected chi connectivity index (χ0v) is 13.8. The van der Waals surface area contributed by atoms with Crippen LogP contribution in [0, 0.1) is 5.92 Å². The summed E-state index contributed by atoms with van der Waals surface area (Å²) in [6.07, 6.45) is 7.55. The van der Waals surface area contributed by atoms with Crippen LogP contribution in [0.15, 0.2) is 34.7 Å². The van der Waals surface area contributed by atoms with Crippen LogP contribution >= 0.6 is 0 Å². The van der Waals surface area contributed by atoms with Gasteiger partial charge in [-0.2, -0.15) is 0 Å². The van der Waals surface area contributed by atoms with Gasteiger partial charge in [-0.15, -0.1) is 10.2 Å². The van der Waals surface area contributed by atoms with Crippen LogP contribution in [0.4, 0.5) is 0 Å². The highest BCUT2D eigenvalue weighted by Crippen LogP contribution is 2.40. The average molecular weight is 311 g/mol. The van der Waals surface area contributed by atoms with E-state index >= 15 is 0 Å². The molecule has 3 atom stereocenters. The van der Waals surface area contributed by atoms with Gasteiger partial charge in [0.2, 0.25) is 11.8 Å². The number of nitrogens with zero attached hydrogens (tertiary/aromatic N) is 3. The topological polar surface area (TPSA) is 42.2 Å². The minimum Gasteiger partial charge on any atom is -0.424 e. The summed E-state index contributed by atoms with van der Waals surface area (Å²) in [7, 11) is 0. The van der Waals surface area contributed by atoms with E-state index in [0.29, 0.717) is 6.04 Å². The number of aromatic nitrogens is 2. The Morgan fingerprint density at radius 1 is 1.09 bits per heavy atom. The molecule has 2 aromatic rings. The lowest BCUT2D eigenvalue weighted by molar-refractivity contribution is 0.136. The molecule has 1 aromatic carbocycles. The van der Waals surface area contributed by atoms with Gasteiger partial charge in [0, 0.05) is 12.1 Å². The van der Waals surface area contributed by atoms with Crippen molar-refractivity contribution in [2.75, 3.05) is 0 Å². The number of benzene rings is 1. The lowest BCUT2D eigenvalue weighted by atomic mass is 9.85. The molecular weight excluding hydrogens is 286 g/mol. The highest BCUT2D eigenvalue weighted by molar-refractivity contribution is 5.17. The zero-order chi connectivity index (χ0) is 15.6. The second kappa shape index (κ2) is 6.44. The van der Waals surface area contributed by atoms with Gasteiger partial charge in [-0.1, -0.05) is 43.2 Å². The number of likely N-dealkylation sites (tertiary alicyclic amines) is 1. The van der Waals surface area contributed by atoms with Gasteiger partial charge in [0.15, 0.2) is 0 Å². The fraction of sp³-hybridized carbons (Fsp3) is 0.579. The van der Waals surface area contributed by atoms with E-state index in [9.17, 15) is 0 Å². The molecule has 1 saturated heterocycles. The molecule has 4 rings (SSSR count). The van der Waals surface area contributed by atoms with E-state index in [1.54, 1.807) is 0 Å². The van der Waals surface area contributed by atoms with Crippen LogP contribution in [0.1, 0.15) is 56.4 Å². The van der Waals surface area contributed by atoms with Gasteiger partial charge >= 0.3 is 0 Å². The van der Waals surface area contributed by atoms with Crippen LogP contribution in [0.2, 0.25) is 0 Å². The largest absolute Gasteiger partial charge is 0.424 e. The van der Waals surface area contributed by atoms with Gasteiger partial charge in [0.05, 0.1) is 13.0 Å². The minimum atomic E-state index is 0.632. The summed E-state index contributed by atoms with van der Waals surface area (Å²) in [6, 6.07) is 11.7. The smallest absolute Gasteiger partial charge is 0.230 e. The summed E-state index contributed by atoms with van der Waals surface area (Å²) in [5, 5.41) is 8.53. The Labute approximate surface area is 137 Å². The van der Waals surface area contributed by atoms with Gasteiger partial charge in [0.1, 0.15) is 0 Å². The summed E-state index contributed by atoms with van der Waals surface area (Å²) in [5.41, 5.74) is 1.21. The standard InChI is InChI=1S/C19H25N3O/c1-14-11-16-9-5-6-10-17(16)22(14)13-19-21-20-18(23-19)12-15-7-3-2-4-8-15/h2-4,7-8,14,16-17H,5-6,9-13H2,1H3/t14-,16+,17+/m1/s1. The Morgan fingerprint density at radius 3 is 2.74 bits per heavy atom. The maximum Gasteiger partial charge on any atom is 0.230 e. The Bertz CT molecular complexity index is 639. The molecule has 23 heavy (non-hydrogen) atoms. The van der Waals surface area contributed by atoms with Crippen molar-refractivity contribution in [1.29, 1.82) is 0 Å². The minimum absolute atomic E-state index is 0.632. The SMILES string of the molecule is C[C@@H]1C[C@@H]2CCCC[C@@H]2N1Cc1nnc(Cc2ccccc2)o1. The summed E-state index contributed by atoms with van der Waals surface area (Å²) >= 11 is 0. The first-order valence-electron chi connectivity index (χ1n) is 8.90. The molecular formula is C19H25N3O. The average Bonchev–Trinajstić information content (AvgIpc) is 3.14. The molecule has 2 aliphatic rings. The predicted octanol–water partition coefficient (Wildman–Crippen LogP) is 3.81. The van der Waals surface area contributed by atoms with Gasteiger partial charge < -0.3 is 4.42 Å². The molecule has 4 heteroatoms. The molecule has 1 saturated carbocycles. The van der Waals surface area contributed by atoms with Crippen molar-refractivity contribution in [2.45, 2.75) is 64.1 Å². The Kier molecular flexibility index (Phi) is 4.17. The quantitative estimate of drug-likeness (QED) is 0.861. The monoisotopic (exact) mass is 311 g/mol. The number of hydrogen-bond donors (Lipinski definition) is 0. The summed E-state index contributed by atoms with van der Waals surface area (Å²) in [6.45, 7) is 3.16. The molecule has 0 bridgehead atoms. The number of fused-ring (bicyclic) bond motifs is 1. The van der Waals surface area contributed by atoms with E-state index in [-0.39, 0.29) is 0 Å². The van der Waals surface area contributed by atoms with Gasteiger partial charge in [-0.25, -0.2) is 0 Å². The number of rotatable bonds is 4. The fourth-order valence-corrected chi connectivity index (χ4v) is 4.42. The van der Waals surface area contributed by atoms with Crippen molar-refractivity contribution in [2.24, 2.45) is 5.92 Å². The van der Waals surface area contributed by atoms with Crippen molar-refractivity contribution in [3.63, 3.8) is 0 Å². The molecule has 2 fully saturated rings. The van der Waals surface area contributed by atoms with E-state index in [4.69, 9.17) is 4.42 Å². The van der Waals surface area contributed by atoms with Crippen molar-refractivity contribution < 1.29 is 4.42 Å². The number of hydrogen-bond acceptors (Lipinski definition) is 4. The second-order valence-electron chi connectivity index (χ2n) is 7.12. The highest BCUT2D eigenvalue weighted by Gasteiger charge is 2.40. The van der Waals surface area contributed by atoms with Crippen LogP contribution < -0.4 is 0 Å². The normalized spacial score (nSPS) is 28.0. The maximum absolute atomic E-state index is 5.91. The first-order valence-corrected chi connectivity index (χ1v) is 8.90. The molecule has 1 aromatic heterocycles. The van der Waals surface area contributed by atoms with Crippen LogP contribution in [-0.4, -0.2) is 27.2 Å². The third kappa shape index (κ3) is 3.18.